The van der Waals surface area contributed by atoms with Gasteiger partial charge in [-0.2, -0.15) is 0 Å². The average molecular weight is 330 g/mol. The topological polar surface area (TPSA) is 102 Å². The number of nitrogens with one attached hydrogen (secondary N) is 1. The number of carbonyl (C=O) groups is 1. The lowest BCUT2D eigenvalue weighted by Gasteiger charge is -2.35. The third kappa shape index (κ3) is 3.45. The highest BCUT2D eigenvalue weighted by atomic mass is 31.2. The fourth-order valence-electron chi connectivity index (χ4n) is 2.44. The van der Waals surface area contributed by atoms with E-state index in [4.69, 9.17) is 4.74 Å². The Bertz CT molecular complexity index is 553. The van der Waals surface area contributed by atoms with Crippen LogP contribution in [0.1, 0.15) is 6.42 Å². The fourth-order valence-corrected chi connectivity index (χ4v) is 3.39. The molecule has 4 N–H and O–H groups in total. The van der Waals surface area contributed by atoms with Crippen molar-refractivity contribution in [3.63, 3.8) is 0 Å². The van der Waals surface area contributed by atoms with Crippen molar-refractivity contribution >= 4 is 19.1 Å². The summed E-state index contributed by atoms with van der Waals surface area (Å²) < 4.78 is 5.63. The zero-order valence-electron chi connectivity index (χ0n) is 12.8. The first-order valence-electron chi connectivity index (χ1n) is 6.94. The molecular weight excluding hydrogens is 307 g/mol. The third-order valence-corrected chi connectivity index (χ3v) is 5.16. The van der Waals surface area contributed by atoms with Crippen LogP contribution in [0, 0.1) is 0 Å². The zero-order valence-corrected chi connectivity index (χ0v) is 13.7. The molecule has 7 nitrogen and oxygen atoms in total. The number of ether oxygens (including phenoxy) is 1. The lowest BCUT2D eigenvalue weighted by atomic mass is 10.0. The number of aliphatic hydroxyl groups is 3. The average Bonchev–Trinajstić information content (AvgIpc) is 2.59. The lowest BCUT2D eigenvalue weighted by Crippen LogP contribution is -2.55. The van der Waals surface area contributed by atoms with Gasteiger partial charge < -0.3 is 30.3 Å². The highest BCUT2D eigenvalue weighted by molar-refractivity contribution is 7.72. The van der Waals surface area contributed by atoms with Gasteiger partial charge >= 0.3 is 0 Å². The summed E-state index contributed by atoms with van der Waals surface area (Å²) in [7, 11) is 0. The Labute approximate surface area is 129 Å². The SMILES string of the molecule is C=C1NC(=O)C=CN1C1O[C@H](CCP(=C)(C)C)[C@@H](O)C1(O)O. The van der Waals surface area contributed by atoms with Crippen LogP contribution in [0.5, 0.6) is 0 Å². The summed E-state index contributed by atoms with van der Waals surface area (Å²) >= 11 is 0. The third-order valence-electron chi connectivity index (χ3n) is 3.69. The second-order valence-electron chi connectivity index (χ2n) is 6.36. The highest BCUT2D eigenvalue weighted by Crippen LogP contribution is 2.40. The molecular formula is C14H23N2O5P. The maximum Gasteiger partial charge on any atom is 0.250 e. The van der Waals surface area contributed by atoms with Crippen LogP contribution in [0.3, 0.4) is 0 Å². The second kappa shape index (κ2) is 5.83. The fraction of sp³-hybridized carbons (Fsp3) is 0.571. The number of nitrogens with zero attached hydrogens (tertiary/aromatic N) is 1. The van der Waals surface area contributed by atoms with Gasteiger partial charge in [0.2, 0.25) is 5.79 Å². The molecule has 0 aliphatic carbocycles. The predicted molar refractivity (Wildman–Crippen MR) is 85.5 cm³/mol. The molecule has 22 heavy (non-hydrogen) atoms. The van der Waals surface area contributed by atoms with Crippen molar-refractivity contribution in [3.8, 4) is 0 Å². The van der Waals surface area contributed by atoms with Crippen molar-refractivity contribution < 1.29 is 24.9 Å². The van der Waals surface area contributed by atoms with Crippen molar-refractivity contribution in [1.82, 2.24) is 10.2 Å². The van der Waals surface area contributed by atoms with E-state index in [0.29, 0.717) is 6.42 Å². The molecule has 1 amide bonds. The van der Waals surface area contributed by atoms with E-state index < -0.39 is 31.1 Å². The Kier molecular flexibility index (Phi) is 4.57. The van der Waals surface area contributed by atoms with Gasteiger partial charge in [-0.05, 0) is 25.9 Å². The number of rotatable bonds is 4. The molecule has 1 fully saturated rings. The van der Waals surface area contributed by atoms with Crippen LogP contribution in [0.2, 0.25) is 0 Å². The molecule has 2 aliphatic rings. The van der Waals surface area contributed by atoms with E-state index in [0.717, 1.165) is 6.16 Å². The van der Waals surface area contributed by atoms with E-state index in [1.165, 1.54) is 17.2 Å². The first kappa shape index (κ1) is 17.2. The number of hydrogen-bond acceptors (Lipinski definition) is 6. The summed E-state index contributed by atoms with van der Waals surface area (Å²) in [4.78, 5) is 12.5. The van der Waals surface area contributed by atoms with E-state index in [1.54, 1.807) is 0 Å². The zero-order chi connectivity index (χ0) is 16.7. The molecule has 0 bridgehead atoms. The van der Waals surface area contributed by atoms with Crippen molar-refractivity contribution in [1.29, 1.82) is 0 Å². The van der Waals surface area contributed by atoms with Gasteiger partial charge in [0.15, 0.2) is 6.23 Å². The Morgan fingerprint density at radius 2 is 2.14 bits per heavy atom. The highest BCUT2D eigenvalue weighted by Gasteiger charge is 2.57. The van der Waals surface area contributed by atoms with Crippen LogP contribution in [0.4, 0.5) is 0 Å². The standard InChI is InChI=1S/C14H23N2O5P/c1-9-15-11(17)5-7-16(9)13-14(19,20)12(18)10(21-13)6-8-22(2,3)4/h5,7,10,12-13,18-20H,1-2,6,8H2,3-4H3,(H,15,17)/t10-,12-,13?/m1/s1. The molecule has 8 heteroatoms. The maximum absolute atomic E-state index is 11.2. The van der Waals surface area contributed by atoms with Crippen LogP contribution >= 0.6 is 6.89 Å². The smallest absolute Gasteiger partial charge is 0.250 e. The Morgan fingerprint density at radius 3 is 2.68 bits per heavy atom. The number of amides is 1. The molecule has 0 spiro atoms. The molecule has 3 atom stereocenters. The van der Waals surface area contributed by atoms with E-state index in [-0.39, 0.29) is 11.7 Å². The quantitative estimate of drug-likeness (QED) is 0.400. The molecule has 0 aromatic heterocycles. The molecule has 0 saturated carbocycles. The summed E-state index contributed by atoms with van der Waals surface area (Å²) in [5, 5.41) is 33.0. The van der Waals surface area contributed by atoms with Gasteiger partial charge in [0.25, 0.3) is 5.91 Å². The Hall–Kier alpha value is -1.11. The van der Waals surface area contributed by atoms with E-state index >= 15 is 0 Å². The van der Waals surface area contributed by atoms with Gasteiger partial charge in [0.1, 0.15) is 11.9 Å². The molecule has 1 unspecified atom stereocenters. The van der Waals surface area contributed by atoms with Gasteiger partial charge in [-0.15, -0.1) is 13.2 Å². The minimum absolute atomic E-state index is 0.155. The van der Waals surface area contributed by atoms with Crippen molar-refractivity contribution in [2.75, 3.05) is 19.5 Å². The molecule has 2 heterocycles. The van der Waals surface area contributed by atoms with Gasteiger partial charge in [0.05, 0.1) is 6.10 Å². The van der Waals surface area contributed by atoms with E-state index in [1.807, 2.05) is 0 Å². The van der Waals surface area contributed by atoms with Crippen molar-refractivity contribution in [3.05, 3.63) is 24.7 Å². The molecule has 2 aliphatic heterocycles. The van der Waals surface area contributed by atoms with Crippen LogP contribution in [0.15, 0.2) is 24.7 Å². The van der Waals surface area contributed by atoms with Crippen LogP contribution in [0.25, 0.3) is 0 Å². The molecule has 2 rings (SSSR count). The summed E-state index contributed by atoms with van der Waals surface area (Å²) in [5.41, 5.74) is 0. The summed E-state index contributed by atoms with van der Waals surface area (Å²) in [5.74, 6) is -2.67. The van der Waals surface area contributed by atoms with Gasteiger partial charge in [-0.3, -0.25) is 4.79 Å². The van der Waals surface area contributed by atoms with Gasteiger partial charge in [-0.1, -0.05) is 6.58 Å². The number of aliphatic hydroxyl groups excluding tert-OH is 1. The summed E-state index contributed by atoms with van der Waals surface area (Å²) in [6.07, 6.45) is 4.46. The Morgan fingerprint density at radius 1 is 1.50 bits per heavy atom. The minimum atomic E-state index is -2.47. The first-order valence-corrected chi connectivity index (χ1v) is 10.00. The lowest BCUT2D eigenvalue weighted by molar-refractivity contribution is -0.251. The number of hydrogen-bond donors (Lipinski definition) is 4. The Balaban J connectivity index is 2.16. The summed E-state index contributed by atoms with van der Waals surface area (Å²) in [6, 6.07) is 0. The largest absolute Gasteiger partial charge is 0.385 e. The molecule has 0 radical (unpaired) electrons. The van der Waals surface area contributed by atoms with Crippen LogP contribution in [-0.4, -0.2) is 76.1 Å². The van der Waals surface area contributed by atoms with Crippen molar-refractivity contribution in [2.24, 2.45) is 0 Å². The van der Waals surface area contributed by atoms with Gasteiger partial charge in [-0.25, -0.2) is 0 Å². The first-order chi connectivity index (χ1) is 10.0. The van der Waals surface area contributed by atoms with Crippen molar-refractivity contribution in [2.45, 2.75) is 30.6 Å². The predicted octanol–water partition coefficient (Wildman–Crippen LogP) is -0.731. The van der Waals surface area contributed by atoms with Crippen LogP contribution in [-0.2, 0) is 9.53 Å². The number of carbonyl (C=O) groups excluding carboxylic acids is 1. The molecule has 0 aromatic rings. The second-order valence-corrected chi connectivity index (χ2v) is 10.7. The maximum atomic E-state index is 11.2. The summed E-state index contributed by atoms with van der Waals surface area (Å²) in [6.45, 7) is 6.45. The molecule has 124 valence electrons. The molecule has 1 saturated heterocycles. The monoisotopic (exact) mass is 330 g/mol. The molecule has 0 aromatic carbocycles. The van der Waals surface area contributed by atoms with Crippen LogP contribution < -0.4 is 5.32 Å². The normalized spacial score (nSPS) is 31.5. The van der Waals surface area contributed by atoms with Gasteiger partial charge in [0, 0.05) is 12.3 Å². The van der Waals surface area contributed by atoms with E-state index in [9.17, 15) is 20.1 Å². The van der Waals surface area contributed by atoms with E-state index in [2.05, 4.69) is 31.5 Å². The minimum Gasteiger partial charge on any atom is -0.385 e.